The molecule has 1 aromatic rings. The molecule has 0 unspecified atom stereocenters. The third-order valence-electron chi connectivity index (χ3n) is 8.33. The van der Waals surface area contributed by atoms with Gasteiger partial charge in [-0.2, -0.15) is 0 Å². The van der Waals surface area contributed by atoms with Gasteiger partial charge >= 0.3 is 5.97 Å². The molecule has 2 aliphatic carbocycles. The summed E-state index contributed by atoms with van der Waals surface area (Å²) in [6, 6.07) is 7.54. The Morgan fingerprint density at radius 3 is 1.82 bits per heavy atom. The summed E-state index contributed by atoms with van der Waals surface area (Å²) in [5, 5.41) is 0. The van der Waals surface area contributed by atoms with Gasteiger partial charge in [0.05, 0.1) is 12.2 Å². The molecule has 0 radical (unpaired) electrons. The first kappa shape index (κ1) is 27.1. The second kappa shape index (κ2) is 15.5. The van der Waals surface area contributed by atoms with Gasteiger partial charge in [0.15, 0.2) is 0 Å². The fourth-order valence-electron chi connectivity index (χ4n) is 5.99. The topological polar surface area (TPSA) is 35.5 Å². The van der Waals surface area contributed by atoms with Crippen molar-refractivity contribution in [2.75, 3.05) is 6.61 Å². The van der Waals surface area contributed by atoms with E-state index in [4.69, 9.17) is 9.47 Å². The summed E-state index contributed by atoms with van der Waals surface area (Å²) < 4.78 is 11.8. The highest BCUT2D eigenvalue weighted by Crippen LogP contribution is 2.34. The van der Waals surface area contributed by atoms with Gasteiger partial charge in [-0.15, -0.1) is 0 Å². The molecule has 0 aromatic heterocycles. The van der Waals surface area contributed by atoms with Crippen LogP contribution in [0.5, 0.6) is 5.75 Å². The largest absolute Gasteiger partial charge is 0.494 e. The van der Waals surface area contributed by atoms with E-state index in [1.165, 1.54) is 89.9 Å². The van der Waals surface area contributed by atoms with Crippen LogP contribution in [0.3, 0.4) is 0 Å². The van der Waals surface area contributed by atoms with Crippen molar-refractivity contribution in [1.29, 1.82) is 0 Å². The van der Waals surface area contributed by atoms with Gasteiger partial charge in [0.2, 0.25) is 0 Å². The van der Waals surface area contributed by atoms with E-state index in [0.717, 1.165) is 49.4 Å². The first-order valence-electron chi connectivity index (χ1n) is 14.6. The van der Waals surface area contributed by atoms with E-state index in [1.807, 2.05) is 24.3 Å². The molecule has 3 rings (SSSR count). The van der Waals surface area contributed by atoms with Crippen molar-refractivity contribution in [3.63, 3.8) is 0 Å². The van der Waals surface area contributed by atoms with Crippen molar-refractivity contribution in [2.45, 2.75) is 129 Å². The van der Waals surface area contributed by atoms with Crippen LogP contribution in [0.25, 0.3) is 0 Å². The van der Waals surface area contributed by atoms with Crippen LogP contribution in [0.1, 0.15) is 133 Å². The summed E-state index contributed by atoms with van der Waals surface area (Å²) in [7, 11) is 0. The first-order valence-corrected chi connectivity index (χ1v) is 14.6. The average molecular weight is 471 g/mol. The number of ether oxygens (including phenoxy) is 2. The van der Waals surface area contributed by atoms with E-state index in [9.17, 15) is 4.79 Å². The summed E-state index contributed by atoms with van der Waals surface area (Å²) in [4.78, 5) is 12.5. The van der Waals surface area contributed by atoms with Crippen LogP contribution in [0.15, 0.2) is 24.3 Å². The van der Waals surface area contributed by atoms with Crippen LogP contribution < -0.4 is 4.74 Å². The molecule has 34 heavy (non-hydrogen) atoms. The maximum absolute atomic E-state index is 12.5. The average Bonchev–Trinajstić information content (AvgIpc) is 2.87. The maximum atomic E-state index is 12.5. The van der Waals surface area contributed by atoms with Crippen molar-refractivity contribution < 1.29 is 14.3 Å². The van der Waals surface area contributed by atoms with Crippen LogP contribution >= 0.6 is 0 Å². The minimum atomic E-state index is -0.186. The summed E-state index contributed by atoms with van der Waals surface area (Å²) in [6.45, 7) is 5.31. The van der Waals surface area contributed by atoms with E-state index >= 15 is 0 Å². The SMILES string of the molecule is CCCCCC1CCC(CCCOc2ccc(C(=O)OC3CCC(CCCC)CC3)cc2)CC1. The molecule has 0 spiro atoms. The molecule has 2 aliphatic rings. The maximum Gasteiger partial charge on any atom is 0.338 e. The van der Waals surface area contributed by atoms with Gasteiger partial charge in [-0.05, 0) is 80.5 Å². The summed E-state index contributed by atoms with van der Waals surface area (Å²) >= 11 is 0. The minimum absolute atomic E-state index is 0.0905. The zero-order valence-corrected chi connectivity index (χ0v) is 22.1. The molecular formula is C31H50O3. The highest BCUT2D eigenvalue weighted by Gasteiger charge is 2.24. The summed E-state index contributed by atoms with van der Waals surface area (Å²) in [6.07, 6.45) is 22.2. The van der Waals surface area contributed by atoms with E-state index in [0.29, 0.717) is 5.56 Å². The number of benzene rings is 1. The number of hydrogen-bond donors (Lipinski definition) is 0. The Hall–Kier alpha value is -1.51. The molecule has 192 valence electrons. The predicted molar refractivity (Wildman–Crippen MR) is 141 cm³/mol. The van der Waals surface area contributed by atoms with Crippen LogP contribution in [0.2, 0.25) is 0 Å². The Kier molecular flexibility index (Phi) is 12.3. The Balaban J connectivity index is 1.27. The van der Waals surface area contributed by atoms with Gasteiger partial charge in [0, 0.05) is 0 Å². The second-order valence-electron chi connectivity index (χ2n) is 11.1. The Morgan fingerprint density at radius 2 is 1.24 bits per heavy atom. The molecule has 2 saturated carbocycles. The minimum Gasteiger partial charge on any atom is -0.494 e. The zero-order valence-electron chi connectivity index (χ0n) is 22.1. The predicted octanol–water partition coefficient (Wildman–Crippen LogP) is 9.14. The Morgan fingerprint density at radius 1 is 0.706 bits per heavy atom. The fourth-order valence-corrected chi connectivity index (χ4v) is 5.99. The zero-order chi connectivity index (χ0) is 24.0. The lowest BCUT2D eigenvalue weighted by atomic mass is 9.78. The van der Waals surface area contributed by atoms with Gasteiger partial charge in [0.1, 0.15) is 11.9 Å². The second-order valence-corrected chi connectivity index (χ2v) is 11.1. The van der Waals surface area contributed by atoms with Gasteiger partial charge in [0.25, 0.3) is 0 Å². The molecule has 0 bridgehead atoms. The van der Waals surface area contributed by atoms with Gasteiger partial charge in [-0.3, -0.25) is 0 Å². The molecule has 2 fully saturated rings. The molecule has 1 aromatic carbocycles. The molecule has 3 heteroatoms. The van der Waals surface area contributed by atoms with E-state index in [2.05, 4.69) is 13.8 Å². The number of esters is 1. The third kappa shape index (κ3) is 9.62. The molecule has 0 saturated heterocycles. The van der Waals surface area contributed by atoms with Crippen molar-refractivity contribution in [3.8, 4) is 5.75 Å². The van der Waals surface area contributed by atoms with E-state index in [1.54, 1.807) is 0 Å². The smallest absolute Gasteiger partial charge is 0.338 e. The van der Waals surface area contributed by atoms with Crippen LogP contribution in [-0.2, 0) is 4.74 Å². The van der Waals surface area contributed by atoms with Crippen LogP contribution in [0.4, 0.5) is 0 Å². The molecule has 0 N–H and O–H groups in total. The number of unbranched alkanes of at least 4 members (excludes halogenated alkanes) is 3. The van der Waals surface area contributed by atoms with Crippen molar-refractivity contribution in [1.82, 2.24) is 0 Å². The lowest BCUT2D eigenvalue weighted by Crippen LogP contribution is -2.24. The van der Waals surface area contributed by atoms with E-state index < -0.39 is 0 Å². The number of carbonyl (C=O) groups excluding carboxylic acids is 1. The molecule has 0 amide bonds. The summed E-state index contributed by atoms with van der Waals surface area (Å²) in [5.41, 5.74) is 0.635. The van der Waals surface area contributed by atoms with Gasteiger partial charge in [-0.1, -0.05) is 84.5 Å². The highest BCUT2D eigenvalue weighted by molar-refractivity contribution is 5.89. The molecule has 0 heterocycles. The highest BCUT2D eigenvalue weighted by atomic mass is 16.5. The van der Waals surface area contributed by atoms with Crippen molar-refractivity contribution in [3.05, 3.63) is 29.8 Å². The molecular weight excluding hydrogens is 420 g/mol. The van der Waals surface area contributed by atoms with Crippen LogP contribution in [-0.4, -0.2) is 18.7 Å². The van der Waals surface area contributed by atoms with Crippen molar-refractivity contribution in [2.24, 2.45) is 17.8 Å². The van der Waals surface area contributed by atoms with E-state index in [-0.39, 0.29) is 12.1 Å². The Labute approximate surface area is 209 Å². The Bertz CT molecular complexity index is 666. The number of hydrogen-bond acceptors (Lipinski definition) is 3. The fraction of sp³-hybridized carbons (Fsp3) is 0.774. The third-order valence-corrected chi connectivity index (χ3v) is 8.33. The summed E-state index contributed by atoms with van der Waals surface area (Å²) in [5.74, 6) is 3.38. The van der Waals surface area contributed by atoms with Crippen LogP contribution in [0, 0.1) is 17.8 Å². The number of rotatable bonds is 14. The van der Waals surface area contributed by atoms with Gasteiger partial charge < -0.3 is 9.47 Å². The number of carbonyl (C=O) groups is 1. The molecule has 3 nitrogen and oxygen atoms in total. The standard InChI is InChI=1S/C31H50O3/c1-3-5-7-10-26-12-14-27(15-13-26)11-8-24-33-29-22-18-28(19-23-29)31(32)34-30-20-16-25(17-21-30)9-6-4-2/h18-19,22-23,25-27,30H,3-17,20-21,24H2,1-2H3. The monoisotopic (exact) mass is 470 g/mol. The lowest BCUT2D eigenvalue weighted by Gasteiger charge is -2.28. The quantitative estimate of drug-likeness (QED) is 0.201. The van der Waals surface area contributed by atoms with Crippen molar-refractivity contribution >= 4 is 5.97 Å². The lowest BCUT2D eigenvalue weighted by molar-refractivity contribution is 0.0161. The first-order chi connectivity index (χ1) is 16.7. The van der Waals surface area contributed by atoms with Gasteiger partial charge in [-0.25, -0.2) is 4.79 Å². The molecule has 0 aliphatic heterocycles. The normalized spacial score (nSPS) is 25.1. The molecule has 0 atom stereocenters.